The van der Waals surface area contributed by atoms with Crippen LogP contribution in [-0.4, -0.2) is 12.6 Å². The topological polar surface area (TPSA) is 35.5 Å². The van der Waals surface area contributed by atoms with E-state index >= 15 is 0 Å². The Bertz CT molecular complexity index is 89.1. The molecule has 3 heteroatoms. The van der Waals surface area contributed by atoms with Crippen molar-refractivity contribution in [1.29, 1.82) is 0 Å². The van der Waals surface area contributed by atoms with E-state index in [1.807, 2.05) is 0 Å². The van der Waals surface area contributed by atoms with Crippen LogP contribution in [0.15, 0.2) is 12.5 Å². The molecule has 0 aromatic rings. The van der Waals surface area contributed by atoms with Crippen LogP contribution in [-0.2, 0) is 14.3 Å². The molecule has 1 heterocycles. The van der Waals surface area contributed by atoms with Crippen LogP contribution in [0.25, 0.3) is 0 Å². The van der Waals surface area contributed by atoms with Gasteiger partial charge in [0, 0.05) is 0 Å². The molecule has 0 unspecified atom stereocenters. The van der Waals surface area contributed by atoms with Gasteiger partial charge in [0.2, 0.25) is 0 Å². The molecule has 0 saturated heterocycles. The molecule has 0 atom stereocenters. The third kappa shape index (κ3) is 0.707. The van der Waals surface area contributed by atoms with Crippen LogP contribution in [0.2, 0.25) is 0 Å². The molecular weight excluding hydrogens is 96.0 g/mol. The highest BCUT2D eigenvalue weighted by Gasteiger charge is 2.09. The van der Waals surface area contributed by atoms with Crippen molar-refractivity contribution in [2.24, 2.45) is 0 Å². The van der Waals surface area contributed by atoms with Crippen molar-refractivity contribution in [1.82, 2.24) is 0 Å². The Balaban J connectivity index is 2.35. The molecular formula is C4H3O3. The summed E-state index contributed by atoms with van der Waals surface area (Å²) < 4.78 is 8.95. The van der Waals surface area contributed by atoms with Gasteiger partial charge in [-0.3, -0.25) is 4.79 Å². The third-order valence-corrected chi connectivity index (χ3v) is 0.556. The summed E-state index contributed by atoms with van der Waals surface area (Å²) in [6.45, 7) is 0. The highest BCUT2D eigenvalue weighted by molar-refractivity contribution is 5.55. The predicted octanol–water partition coefficient (Wildman–Crippen LogP) is -0.0598. The van der Waals surface area contributed by atoms with Crippen LogP contribution < -0.4 is 0 Å². The maximum atomic E-state index is 9.59. The maximum Gasteiger partial charge on any atom is 0.307 e. The second-order valence-electron chi connectivity index (χ2n) is 0.994. The monoisotopic (exact) mass is 99.0 g/mol. The fourth-order valence-electron chi connectivity index (χ4n) is 0.294. The zero-order valence-electron chi connectivity index (χ0n) is 3.46. The van der Waals surface area contributed by atoms with E-state index in [2.05, 4.69) is 9.47 Å². The first kappa shape index (κ1) is 4.18. The molecule has 0 aromatic heterocycles. The van der Waals surface area contributed by atoms with E-state index in [-0.39, 0.29) is 0 Å². The van der Waals surface area contributed by atoms with Gasteiger partial charge in [-0.15, -0.1) is 0 Å². The van der Waals surface area contributed by atoms with Gasteiger partial charge < -0.3 is 9.47 Å². The first-order chi connectivity index (χ1) is 3.43. The summed E-state index contributed by atoms with van der Waals surface area (Å²) in [5.41, 5.74) is 0. The van der Waals surface area contributed by atoms with E-state index in [0.29, 0.717) is 0 Å². The molecule has 0 aliphatic carbocycles. The SMILES string of the molecule is O=[C]C1OC=CO1. The van der Waals surface area contributed by atoms with Gasteiger partial charge >= 0.3 is 6.29 Å². The van der Waals surface area contributed by atoms with E-state index in [0.717, 1.165) is 0 Å². The van der Waals surface area contributed by atoms with Gasteiger partial charge in [-0.25, -0.2) is 0 Å². The second-order valence-corrected chi connectivity index (χ2v) is 0.994. The van der Waals surface area contributed by atoms with Gasteiger partial charge in [-0.1, -0.05) is 0 Å². The molecule has 7 heavy (non-hydrogen) atoms. The lowest BCUT2D eigenvalue weighted by molar-refractivity contribution is 0.0339. The molecule has 0 spiro atoms. The van der Waals surface area contributed by atoms with E-state index < -0.39 is 6.29 Å². The molecule has 1 aliphatic heterocycles. The van der Waals surface area contributed by atoms with Crippen molar-refractivity contribution in [2.75, 3.05) is 0 Å². The summed E-state index contributed by atoms with van der Waals surface area (Å²) >= 11 is 0. The van der Waals surface area contributed by atoms with E-state index in [1.165, 1.54) is 18.8 Å². The van der Waals surface area contributed by atoms with Crippen molar-refractivity contribution in [3.05, 3.63) is 12.5 Å². The quantitative estimate of drug-likeness (QED) is 0.462. The Morgan fingerprint density at radius 1 is 1.43 bits per heavy atom. The van der Waals surface area contributed by atoms with Crippen LogP contribution in [0, 0.1) is 0 Å². The maximum absolute atomic E-state index is 9.59. The Morgan fingerprint density at radius 2 is 2.00 bits per heavy atom. The minimum Gasteiger partial charge on any atom is -0.452 e. The average molecular weight is 99.1 g/mol. The highest BCUT2D eigenvalue weighted by atomic mass is 16.7. The molecule has 1 aliphatic rings. The molecule has 0 bridgehead atoms. The Kier molecular flexibility index (Phi) is 0.978. The summed E-state index contributed by atoms with van der Waals surface area (Å²) in [7, 11) is 0. The molecule has 0 amide bonds. The zero-order chi connectivity index (χ0) is 5.11. The standard InChI is InChI=1S/C4H3O3/c5-3-4-6-1-2-7-4/h1-2,4H. The molecule has 0 saturated carbocycles. The Morgan fingerprint density at radius 3 is 2.29 bits per heavy atom. The number of hydrogen-bond acceptors (Lipinski definition) is 3. The molecule has 3 nitrogen and oxygen atoms in total. The molecule has 0 aromatic carbocycles. The Hall–Kier alpha value is -0.990. The average Bonchev–Trinajstić information content (AvgIpc) is 2.14. The molecule has 1 radical (unpaired) electrons. The molecule has 0 N–H and O–H groups in total. The number of ether oxygens (including phenoxy) is 2. The van der Waals surface area contributed by atoms with Crippen LogP contribution >= 0.6 is 0 Å². The summed E-state index contributed by atoms with van der Waals surface area (Å²) in [4.78, 5) is 9.59. The minimum absolute atomic E-state index is 0.819. The van der Waals surface area contributed by atoms with Crippen LogP contribution in [0.3, 0.4) is 0 Å². The van der Waals surface area contributed by atoms with Crippen LogP contribution in [0.5, 0.6) is 0 Å². The van der Waals surface area contributed by atoms with E-state index in [1.54, 1.807) is 0 Å². The van der Waals surface area contributed by atoms with Crippen molar-refractivity contribution in [2.45, 2.75) is 6.29 Å². The van der Waals surface area contributed by atoms with Crippen molar-refractivity contribution in [3.63, 3.8) is 0 Å². The third-order valence-electron chi connectivity index (χ3n) is 0.556. The normalized spacial score (nSPS) is 18.3. The van der Waals surface area contributed by atoms with Gasteiger partial charge in [0.05, 0.1) is 0 Å². The fraction of sp³-hybridized carbons (Fsp3) is 0.250. The van der Waals surface area contributed by atoms with Crippen molar-refractivity contribution >= 4 is 6.29 Å². The number of carbonyl (C=O) groups excluding carboxylic acids is 1. The molecule has 1 rings (SSSR count). The summed E-state index contributed by atoms with van der Waals surface area (Å²) in [5, 5.41) is 0. The fourth-order valence-corrected chi connectivity index (χ4v) is 0.294. The van der Waals surface area contributed by atoms with Gasteiger partial charge in [-0.2, -0.15) is 0 Å². The first-order valence-corrected chi connectivity index (χ1v) is 1.77. The smallest absolute Gasteiger partial charge is 0.307 e. The minimum atomic E-state index is -0.819. The number of rotatable bonds is 1. The summed E-state index contributed by atoms with van der Waals surface area (Å²) in [6, 6.07) is 0. The van der Waals surface area contributed by atoms with Crippen molar-refractivity contribution in [3.8, 4) is 0 Å². The summed E-state index contributed by atoms with van der Waals surface area (Å²) in [6.07, 6.45) is 3.29. The van der Waals surface area contributed by atoms with Crippen LogP contribution in [0.4, 0.5) is 0 Å². The van der Waals surface area contributed by atoms with E-state index in [9.17, 15) is 4.79 Å². The van der Waals surface area contributed by atoms with Crippen molar-refractivity contribution < 1.29 is 14.3 Å². The van der Waals surface area contributed by atoms with Gasteiger partial charge in [0.25, 0.3) is 6.29 Å². The van der Waals surface area contributed by atoms with Gasteiger partial charge in [-0.05, 0) is 0 Å². The second kappa shape index (κ2) is 1.64. The predicted molar refractivity (Wildman–Crippen MR) is 20.8 cm³/mol. The summed E-state index contributed by atoms with van der Waals surface area (Å²) in [5.74, 6) is 0. The highest BCUT2D eigenvalue weighted by Crippen LogP contribution is 1.99. The Labute approximate surface area is 40.5 Å². The largest absolute Gasteiger partial charge is 0.452 e. The molecule has 37 valence electrons. The lowest BCUT2D eigenvalue weighted by Crippen LogP contribution is -2.07. The zero-order valence-corrected chi connectivity index (χ0v) is 3.46. The van der Waals surface area contributed by atoms with Crippen LogP contribution in [0.1, 0.15) is 0 Å². The molecule has 0 fully saturated rings. The first-order valence-electron chi connectivity index (χ1n) is 1.77. The lowest BCUT2D eigenvalue weighted by atomic mass is 10.7. The van der Waals surface area contributed by atoms with Gasteiger partial charge in [0.1, 0.15) is 12.5 Å². The van der Waals surface area contributed by atoms with E-state index in [4.69, 9.17) is 0 Å². The number of hydrogen-bond donors (Lipinski definition) is 0. The lowest BCUT2D eigenvalue weighted by Gasteiger charge is -1.95. The van der Waals surface area contributed by atoms with Gasteiger partial charge in [0.15, 0.2) is 0 Å².